The molecule has 0 atom stereocenters. The second-order valence-electron chi connectivity index (χ2n) is 4.99. The van der Waals surface area contributed by atoms with Crippen molar-refractivity contribution >= 4 is 0 Å². The lowest BCUT2D eigenvalue weighted by atomic mass is 10.1. The Labute approximate surface area is 98.0 Å². The van der Waals surface area contributed by atoms with Crippen molar-refractivity contribution < 1.29 is 4.74 Å². The summed E-state index contributed by atoms with van der Waals surface area (Å²) >= 11 is 0. The van der Waals surface area contributed by atoms with E-state index in [-0.39, 0.29) is 5.54 Å². The maximum absolute atomic E-state index is 5.04. The van der Waals surface area contributed by atoms with Crippen LogP contribution in [0.5, 0.6) is 0 Å². The van der Waals surface area contributed by atoms with E-state index in [0.29, 0.717) is 0 Å². The molecule has 0 aliphatic rings. The number of ether oxygens (including phenoxy) is 1. The van der Waals surface area contributed by atoms with Crippen molar-refractivity contribution in [3.8, 4) is 0 Å². The Morgan fingerprint density at radius 1 is 1.44 bits per heavy atom. The van der Waals surface area contributed by atoms with E-state index in [1.54, 1.807) is 7.11 Å². The van der Waals surface area contributed by atoms with Crippen molar-refractivity contribution in [1.29, 1.82) is 0 Å². The van der Waals surface area contributed by atoms with E-state index in [2.05, 4.69) is 35.6 Å². The quantitative estimate of drug-likeness (QED) is 0.750. The average Bonchev–Trinajstić information content (AvgIpc) is 2.62. The third-order valence-electron chi connectivity index (χ3n) is 2.33. The highest BCUT2D eigenvalue weighted by Crippen LogP contribution is 2.04. The van der Waals surface area contributed by atoms with Crippen molar-refractivity contribution in [2.75, 3.05) is 13.7 Å². The van der Waals surface area contributed by atoms with E-state index in [4.69, 9.17) is 4.74 Å². The Balaban J connectivity index is 2.44. The first-order chi connectivity index (χ1) is 7.53. The normalized spacial score (nSPS) is 12.0. The molecule has 0 aliphatic heterocycles. The number of aryl methyl sites for hydroxylation is 1. The summed E-state index contributed by atoms with van der Waals surface area (Å²) in [4.78, 5) is 4.36. The molecular weight excluding hydrogens is 202 g/mol. The van der Waals surface area contributed by atoms with E-state index < -0.39 is 0 Å². The topological polar surface area (TPSA) is 39.1 Å². The number of aromatic nitrogens is 2. The minimum Gasteiger partial charge on any atom is -0.385 e. The first-order valence-corrected chi connectivity index (χ1v) is 5.77. The standard InChI is InChI=1S/C12H23N3O/c1-12(2,3)14-10-11-13-6-8-15(11)7-5-9-16-4/h6,8,14H,5,7,9-10H2,1-4H3. The molecule has 1 N–H and O–H groups in total. The Bertz CT molecular complexity index is 301. The van der Waals surface area contributed by atoms with Crippen molar-refractivity contribution in [2.45, 2.75) is 45.8 Å². The highest BCUT2D eigenvalue weighted by Gasteiger charge is 2.10. The van der Waals surface area contributed by atoms with Gasteiger partial charge in [0.25, 0.3) is 0 Å². The Kier molecular flexibility index (Phi) is 4.96. The molecule has 0 saturated carbocycles. The molecule has 16 heavy (non-hydrogen) atoms. The van der Waals surface area contributed by atoms with Gasteiger partial charge >= 0.3 is 0 Å². The number of rotatable bonds is 6. The minimum atomic E-state index is 0.128. The van der Waals surface area contributed by atoms with E-state index in [0.717, 1.165) is 31.9 Å². The lowest BCUT2D eigenvalue weighted by Gasteiger charge is -2.20. The molecule has 0 spiro atoms. The van der Waals surface area contributed by atoms with Gasteiger partial charge in [-0.15, -0.1) is 0 Å². The Morgan fingerprint density at radius 3 is 2.81 bits per heavy atom. The first kappa shape index (κ1) is 13.2. The summed E-state index contributed by atoms with van der Waals surface area (Å²) in [7, 11) is 1.73. The highest BCUT2D eigenvalue weighted by atomic mass is 16.5. The molecule has 0 radical (unpaired) electrons. The summed E-state index contributed by atoms with van der Waals surface area (Å²) in [6.07, 6.45) is 4.90. The zero-order valence-electron chi connectivity index (χ0n) is 10.8. The molecule has 0 saturated heterocycles. The lowest BCUT2D eigenvalue weighted by molar-refractivity contribution is 0.190. The third kappa shape index (κ3) is 4.77. The van der Waals surface area contributed by atoms with Crippen molar-refractivity contribution in [2.24, 2.45) is 0 Å². The average molecular weight is 225 g/mol. The molecule has 1 aromatic heterocycles. The zero-order valence-corrected chi connectivity index (χ0v) is 10.8. The number of imidazole rings is 1. The molecule has 0 fully saturated rings. The van der Waals surface area contributed by atoms with Crippen molar-refractivity contribution in [1.82, 2.24) is 14.9 Å². The largest absolute Gasteiger partial charge is 0.385 e. The molecule has 0 bridgehead atoms. The number of nitrogens with zero attached hydrogens (tertiary/aromatic N) is 2. The molecule has 92 valence electrons. The van der Waals surface area contributed by atoms with E-state index >= 15 is 0 Å². The predicted molar refractivity (Wildman–Crippen MR) is 65.3 cm³/mol. The summed E-state index contributed by atoms with van der Waals surface area (Å²) in [5, 5.41) is 3.44. The molecule has 0 unspecified atom stereocenters. The molecule has 1 heterocycles. The van der Waals surface area contributed by atoms with E-state index in [1.165, 1.54) is 0 Å². The maximum Gasteiger partial charge on any atom is 0.122 e. The van der Waals surface area contributed by atoms with Gasteiger partial charge in [0.05, 0.1) is 6.54 Å². The zero-order chi connectivity index (χ0) is 12.0. The van der Waals surface area contributed by atoms with Crippen LogP contribution in [0, 0.1) is 0 Å². The fraction of sp³-hybridized carbons (Fsp3) is 0.750. The van der Waals surface area contributed by atoms with Crippen LogP contribution in [0.2, 0.25) is 0 Å². The van der Waals surface area contributed by atoms with Gasteiger partial charge in [-0.2, -0.15) is 0 Å². The van der Waals surface area contributed by atoms with Crippen LogP contribution in [0.15, 0.2) is 12.4 Å². The third-order valence-corrected chi connectivity index (χ3v) is 2.33. The van der Waals surface area contributed by atoms with E-state index in [9.17, 15) is 0 Å². The van der Waals surface area contributed by atoms with Crippen LogP contribution < -0.4 is 5.32 Å². The second-order valence-corrected chi connectivity index (χ2v) is 4.99. The number of nitrogens with one attached hydrogen (secondary N) is 1. The highest BCUT2D eigenvalue weighted by molar-refractivity contribution is 4.93. The van der Waals surface area contributed by atoms with Gasteiger partial charge < -0.3 is 14.6 Å². The number of methoxy groups -OCH3 is 1. The molecule has 0 aliphatic carbocycles. The fourth-order valence-electron chi connectivity index (χ4n) is 1.43. The molecule has 1 aromatic rings. The van der Waals surface area contributed by atoms with Gasteiger partial charge in [0.15, 0.2) is 0 Å². The number of hydrogen-bond donors (Lipinski definition) is 1. The monoisotopic (exact) mass is 225 g/mol. The van der Waals surface area contributed by atoms with Crippen LogP contribution >= 0.6 is 0 Å². The van der Waals surface area contributed by atoms with Crippen molar-refractivity contribution in [3.05, 3.63) is 18.2 Å². The van der Waals surface area contributed by atoms with Crippen LogP contribution in [0.1, 0.15) is 33.0 Å². The van der Waals surface area contributed by atoms with Crippen molar-refractivity contribution in [3.63, 3.8) is 0 Å². The summed E-state index contributed by atoms with van der Waals surface area (Å²) in [5.74, 6) is 1.09. The molecule has 1 rings (SSSR count). The Hall–Kier alpha value is -0.870. The van der Waals surface area contributed by atoms with E-state index in [1.807, 2.05) is 12.4 Å². The predicted octanol–water partition coefficient (Wildman–Crippen LogP) is 1.81. The summed E-state index contributed by atoms with van der Waals surface area (Å²) < 4.78 is 7.22. The SMILES string of the molecule is COCCCn1ccnc1CNC(C)(C)C. The Morgan fingerprint density at radius 2 is 2.19 bits per heavy atom. The second kappa shape index (κ2) is 6.01. The van der Waals surface area contributed by atoms with Crippen LogP contribution in [-0.2, 0) is 17.8 Å². The van der Waals surface area contributed by atoms with Gasteiger partial charge in [-0.05, 0) is 27.2 Å². The van der Waals surface area contributed by atoms with Crippen LogP contribution in [0.4, 0.5) is 0 Å². The summed E-state index contributed by atoms with van der Waals surface area (Å²) in [6, 6.07) is 0. The smallest absolute Gasteiger partial charge is 0.122 e. The maximum atomic E-state index is 5.04. The van der Waals surface area contributed by atoms with Gasteiger partial charge in [-0.25, -0.2) is 4.98 Å². The minimum absolute atomic E-state index is 0.128. The molecule has 0 aromatic carbocycles. The van der Waals surface area contributed by atoms with Gasteiger partial charge in [-0.1, -0.05) is 0 Å². The molecule has 0 amide bonds. The lowest BCUT2D eigenvalue weighted by Crippen LogP contribution is -2.36. The molecule has 4 nitrogen and oxygen atoms in total. The van der Waals surface area contributed by atoms with Gasteiger partial charge in [-0.3, -0.25) is 0 Å². The molecule has 4 heteroatoms. The van der Waals surface area contributed by atoms with Crippen LogP contribution in [-0.4, -0.2) is 28.8 Å². The van der Waals surface area contributed by atoms with Crippen LogP contribution in [0.3, 0.4) is 0 Å². The van der Waals surface area contributed by atoms with Crippen LogP contribution in [0.25, 0.3) is 0 Å². The molecular formula is C12H23N3O. The summed E-state index contributed by atoms with van der Waals surface area (Å²) in [6.45, 7) is 9.05. The van der Waals surface area contributed by atoms with Gasteiger partial charge in [0.2, 0.25) is 0 Å². The fourth-order valence-corrected chi connectivity index (χ4v) is 1.43. The summed E-state index contributed by atoms with van der Waals surface area (Å²) in [5.41, 5.74) is 0.128. The van der Waals surface area contributed by atoms with Gasteiger partial charge in [0, 0.05) is 38.2 Å². The first-order valence-electron chi connectivity index (χ1n) is 5.77. The van der Waals surface area contributed by atoms with Gasteiger partial charge in [0.1, 0.15) is 5.82 Å². The number of hydrogen-bond acceptors (Lipinski definition) is 3.